The van der Waals surface area contributed by atoms with Crippen LogP contribution >= 0.6 is 23.8 Å². The number of ketones is 1. The molecule has 0 radical (unpaired) electrons. The van der Waals surface area contributed by atoms with E-state index in [9.17, 15) is 4.79 Å². The van der Waals surface area contributed by atoms with Gasteiger partial charge in [-0.2, -0.15) is 0 Å². The molecule has 0 unspecified atom stereocenters. The van der Waals surface area contributed by atoms with E-state index in [4.69, 9.17) is 9.47 Å². The fraction of sp³-hybridized carbons (Fsp3) is 0.976. The molecule has 0 aliphatic carbocycles. The van der Waals surface area contributed by atoms with Gasteiger partial charge >= 0.3 is 0 Å². The first-order chi connectivity index (χ1) is 20.5. The highest BCUT2D eigenvalue weighted by Gasteiger charge is 2.59. The van der Waals surface area contributed by atoms with Crippen molar-refractivity contribution in [3.05, 3.63) is 0 Å². The van der Waals surface area contributed by atoms with Gasteiger partial charge < -0.3 is 9.47 Å². The van der Waals surface area contributed by atoms with Gasteiger partial charge in [0, 0.05) is 25.7 Å². The van der Waals surface area contributed by atoms with Crippen LogP contribution in [0.25, 0.3) is 0 Å². The summed E-state index contributed by atoms with van der Waals surface area (Å²) in [6, 6.07) is 0. The van der Waals surface area contributed by atoms with Crippen molar-refractivity contribution in [3.8, 4) is 0 Å². The molecular formula is C41H81O3P3. The first kappa shape index (κ1) is 44.0. The Morgan fingerprint density at radius 2 is 0.745 bits per heavy atom. The van der Waals surface area contributed by atoms with Crippen LogP contribution < -0.4 is 0 Å². The van der Waals surface area contributed by atoms with Crippen LogP contribution in [-0.2, 0) is 14.3 Å². The molecule has 4 aliphatic heterocycles. The zero-order valence-electron chi connectivity index (χ0n) is 35.4. The molecular weight excluding hydrogens is 633 g/mol. The fourth-order valence-corrected chi connectivity index (χ4v) is 30.6. The van der Waals surface area contributed by atoms with Crippen LogP contribution in [0.4, 0.5) is 0 Å². The van der Waals surface area contributed by atoms with E-state index in [0.717, 1.165) is 38.9 Å². The van der Waals surface area contributed by atoms with Crippen molar-refractivity contribution in [2.75, 3.05) is 13.2 Å². The zero-order chi connectivity index (χ0) is 37.1. The van der Waals surface area contributed by atoms with E-state index in [1.165, 1.54) is 19.3 Å². The molecule has 0 amide bonds. The van der Waals surface area contributed by atoms with Gasteiger partial charge in [-0.05, 0) is 59.2 Å². The van der Waals surface area contributed by atoms with E-state index >= 15 is 0 Å². The number of rotatable bonds is 0. The molecule has 0 N–H and O–H groups in total. The molecule has 0 aromatic rings. The molecule has 4 rings (SSSR count). The van der Waals surface area contributed by atoms with E-state index in [-0.39, 0.29) is 39.9 Å². The average molecular weight is 715 g/mol. The Hall–Kier alpha value is 0.880. The van der Waals surface area contributed by atoms with Gasteiger partial charge in [-0.15, -0.1) is 0 Å². The lowest BCUT2D eigenvalue weighted by molar-refractivity contribution is -0.178. The molecule has 0 bridgehead atoms. The maximum Gasteiger partial charge on any atom is 0.170 e. The lowest BCUT2D eigenvalue weighted by Gasteiger charge is -2.59. The van der Waals surface area contributed by atoms with Crippen LogP contribution in [0, 0.1) is 0 Å². The molecule has 0 atom stereocenters. The van der Waals surface area contributed by atoms with Crippen LogP contribution in [0.3, 0.4) is 0 Å². The molecule has 6 heteroatoms. The van der Waals surface area contributed by atoms with Crippen molar-refractivity contribution < 1.29 is 14.3 Å². The Morgan fingerprint density at radius 1 is 0.468 bits per heavy atom. The van der Waals surface area contributed by atoms with Crippen molar-refractivity contribution in [2.24, 2.45) is 0 Å². The first-order valence-electron chi connectivity index (χ1n) is 18.7. The molecule has 47 heavy (non-hydrogen) atoms. The van der Waals surface area contributed by atoms with Gasteiger partial charge in [0.2, 0.25) is 0 Å². The average Bonchev–Trinajstić information content (AvgIpc) is 3.11. The Balaban J connectivity index is 0.000000248. The summed E-state index contributed by atoms with van der Waals surface area (Å²) in [6.07, 6.45) is 7.94. The minimum Gasteiger partial charge on any atom is -0.347 e. The van der Waals surface area contributed by atoms with Gasteiger partial charge in [0.05, 0.1) is 13.2 Å². The number of hydrogen-bond acceptors (Lipinski definition) is 3. The van der Waals surface area contributed by atoms with E-state index in [1.807, 2.05) is 0 Å². The molecule has 278 valence electrons. The van der Waals surface area contributed by atoms with Crippen LogP contribution in [0.5, 0.6) is 0 Å². The number of ether oxygens (including phenoxy) is 2. The van der Waals surface area contributed by atoms with Crippen LogP contribution in [0.1, 0.15) is 190 Å². The van der Waals surface area contributed by atoms with E-state index < -0.39 is 0 Å². The molecule has 0 aromatic carbocycles. The second-order valence-electron chi connectivity index (χ2n) is 22.1. The minimum atomic E-state index is -0.295. The van der Waals surface area contributed by atoms with Crippen molar-refractivity contribution in [3.63, 3.8) is 0 Å². The predicted octanol–water partition coefficient (Wildman–Crippen LogP) is 13.6. The number of Topliss-reactive ketones (excluding diaryl/α,β-unsaturated/α-hetero) is 1. The summed E-state index contributed by atoms with van der Waals surface area (Å²) in [7, 11) is -0.147. The highest BCUT2D eigenvalue weighted by atomic mass is 31.1. The number of carbonyl (C=O) groups excluding carboxylic acids is 1. The minimum absolute atomic E-state index is 0.101. The Morgan fingerprint density at radius 3 is 1.02 bits per heavy atom. The lowest BCUT2D eigenvalue weighted by Crippen LogP contribution is -2.53. The highest BCUT2D eigenvalue weighted by molar-refractivity contribution is 7.63. The van der Waals surface area contributed by atoms with E-state index in [1.54, 1.807) is 0 Å². The third-order valence-electron chi connectivity index (χ3n) is 10.7. The predicted molar refractivity (Wildman–Crippen MR) is 216 cm³/mol. The van der Waals surface area contributed by atoms with Gasteiger partial charge in [-0.3, -0.25) is 4.79 Å². The lowest BCUT2D eigenvalue weighted by atomic mass is 9.91. The van der Waals surface area contributed by atoms with Gasteiger partial charge in [0.15, 0.2) is 5.79 Å². The first-order valence-corrected chi connectivity index (χ1v) is 22.8. The summed E-state index contributed by atoms with van der Waals surface area (Å²) in [5, 5.41) is 3.39. The van der Waals surface area contributed by atoms with E-state index in [0.29, 0.717) is 41.9 Å². The molecule has 4 aliphatic rings. The SMILES string of the molecule is CC(C)(C)P1C(C)(C)CC(=O)CC1(C)C.CC(C)(C)P1C(C)(C)CC2(CC1(C)C)OCCO2.CC(C)(C)P1C(C)(C)CCCC1(C)C. The molecule has 4 fully saturated rings. The second-order valence-corrected chi connectivity index (χ2v) is 35.4. The summed E-state index contributed by atoms with van der Waals surface area (Å²) in [4.78, 5) is 11.8. The van der Waals surface area contributed by atoms with Crippen LogP contribution in [0.2, 0.25) is 0 Å². The molecule has 4 heterocycles. The maximum absolute atomic E-state index is 11.8. The van der Waals surface area contributed by atoms with Gasteiger partial charge in [-0.1, -0.05) is 176 Å². The third-order valence-corrected chi connectivity index (χ3v) is 23.1. The van der Waals surface area contributed by atoms with E-state index in [2.05, 4.69) is 145 Å². The Kier molecular flexibility index (Phi) is 13.1. The van der Waals surface area contributed by atoms with Crippen molar-refractivity contribution in [1.82, 2.24) is 0 Å². The Bertz CT molecular complexity index is 1020. The van der Waals surface area contributed by atoms with Gasteiger partial charge in [0.25, 0.3) is 0 Å². The normalized spacial score (nSPS) is 28.6. The third kappa shape index (κ3) is 10.7. The molecule has 0 aromatic heterocycles. The fourth-order valence-electron chi connectivity index (χ4n) is 12.5. The summed E-state index contributed by atoms with van der Waals surface area (Å²) in [5.74, 6) is 0.157. The molecule has 0 saturated carbocycles. The second kappa shape index (κ2) is 14.0. The van der Waals surface area contributed by atoms with Crippen LogP contribution in [0.15, 0.2) is 0 Å². The standard InChI is InChI=1S/C15H29O2P.C13H25OP.C13H27P/c1-12(2,3)18-13(4,5)10-15(11-14(18,6)7)16-8-9-17-15;1-11(2,3)15-12(4,5)8-10(14)9-13(15,6)7;1-11(2,3)14-12(4,5)9-8-10-13(14,6)7/h8-11H2,1-7H3;8-9H2,1-7H3;8-10H2,1-7H3. The Labute approximate surface area is 298 Å². The topological polar surface area (TPSA) is 35.5 Å². The molecule has 1 spiro atoms. The summed E-state index contributed by atoms with van der Waals surface area (Å²) in [5.41, 5.74) is 0. The van der Waals surface area contributed by atoms with Gasteiger partial charge in [-0.25, -0.2) is 0 Å². The van der Waals surface area contributed by atoms with Crippen molar-refractivity contribution in [2.45, 2.75) is 243 Å². The largest absolute Gasteiger partial charge is 0.347 e. The van der Waals surface area contributed by atoms with Crippen LogP contribution in [-0.4, -0.2) is 71.2 Å². The number of carbonyl (C=O) groups is 1. The summed E-state index contributed by atoms with van der Waals surface area (Å²) < 4.78 is 12.0. The smallest absolute Gasteiger partial charge is 0.170 e. The van der Waals surface area contributed by atoms with Crippen molar-refractivity contribution >= 4 is 29.5 Å². The monoisotopic (exact) mass is 715 g/mol. The summed E-state index contributed by atoms with van der Waals surface area (Å²) in [6.45, 7) is 51.8. The summed E-state index contributed by atoms with van der Waals surface area (Å²) >= 11 is 0. The zero-order valence-corrected chi connectivity index (χ0v) is 38.1. The number of hydrogen-bond donors (Lipinski definition) is 0. The molecule has 3 nitrogen and oxygen atoms in total. The quantitative estimate of drug-likeness (QED) is 0.234. The maximum atomic E-state index is 11.8. The highest BCUT2D eigenvalue weighted by Crippen LogP contribution is 2.75. The van der Waals surface area contributed by atoms with Crippen molar-refractivity contribution in [1.29, 1.82) is 0 Å². The molecule has 4 saturated heterocycles. The van der Waals surface area contributed by atoms with Gasteiger partial charge in [0.1, 0.15) is 5.78 Å².